The number of halogens is 3. The number of furan rings is 1. The molecule has 6 nitrogen and oxygen atoms in total. The first kappa shape index (κ1) is 25.4. The molecular weight excluding hydrogens is 566 g/mol. The lowest BCUT2D eigenvalue weighted by molar-refractivity contribution is 0.0964. The molecule has 2 N–H and O–H groups in total. The number of rotatable bonds is 8. The van der Waals surface area contributed by atoms with Crippen molar-refractivity contribution in [2.75, 3.05) is 17.5 Å². The predicted molar refractivity (Wildman–Crippen MR) is 142 cm³/mol. The van der Waals surface area contributed by atoms with E-state index in [9.17, 15) is 22.0 Å². The van der Waals surface area contributed by atoms with Crippen molar-refractivity contribution in [1.82, 2.24) is 5.32 Å². The van der Waals surface area contributed by atoms with E-state index < -0.39 is 21.7 Å². The number of benzene rings is 3. The Morgan fingerprint density at radius 3 is 2.46 bits per heavy atom. The molecule has 0 unspecified atom stereocenters. The van der Waals surface area contributed by atoms with Crippen LogP contribution < -0.4 is 10.0 Å². The highest BCUT2D eigenvalue weighted by atomic mass is 79.9. The van der Waals surface area contributed by atoms with E-state index in [4.69, 9.17) is 4.42 Å². The van der Waals surface area contributed by atoms with Crippen LogP contribution in [0.2, 0.25) is 0 Å². The van der Waals surface area contributed by atoms with Crippen molar-refractivity contribution < 1.29 is 26.4 Å². The van der Waals surface area contributed by atoms with Gasteiger partial charge in [-0.15, -0.1) is 0 Å². The van der Waals surface area contributed by atoms with Gasteiger partial charge in [-0.2, -0.15) is 0 Å². The summed E-state index contributed by atoms with van der Waals surface area (Å²) in [6, 6.07) is 13.5. The predicted octanol–water partition coefficient (Wildman–Crippen LogP) is 6.36. The van der Waals surface area contributed by atoms with Crippen LogP contribution >= 0.6 is 15.9 Å². The van der Waals surface area contributed by atoms with Crippen LogP contribution in [0, 0.1) is 11.6 Å². The number of sulfonamides is 1. The van der Waals surface area contributed by atoms with Gasteiger partial charge in [-0.25, -0.2) is 17.2 Å². The number of hydrogen-bond acceptors (Lipinski definition) is 4. The second-order valence-electron chi connectivity index (χ2n) is 9.01. The van der Waals surface area contributed by atoms with E-state index in [2.05, 4.69) is 26.0 Å². The Labute approximate surface area is 221 Å². The summed E-state index contributed by atoms with van der Waals surface area (Å²) in [4.78, 5) is 12.8. The molecule has 1 saturated carbocycles. The van der Waals surface area contributed by atoms with Crippen LogP contribution in [-0.4, -0.2) is 27.1 Å². The lowest BCUT2D eigenvalue weighted by atomic mass is 10.0. The number of nitrogens with one attached hydrogen (secondary N) is 2. The van der Waals surface area contributed by atoms with E-state index >= 15 is 0 Å². The molecule has 1 aliphatic rings. The van der Waals surface area contributed by atoms with Crippen LogP contribution in [0.1, 0.15) is 40.2 Å². The maximum Gasteiger partial charge on any atom is 0.255 e. The molecule has 1 heterocycles. The molecule has 10 heteroatoms. The first-order valence-corrected chi connectivity index (χ1v) is 14.1. The summed E-state index contributed by atoms with van der Waals surface area (Å²) in [5, 5.41) is 3.16. The van der Waals surface area contributed by atoms with Gasteiger partial charge in [-0.05, 0) is 78.8 Å². The van der Waals surface area contributed by atoms with Gasteiger partial charge >= 0.3 is 0 Å². The standard InChI is InChI=1S/C27H23BrF2N2O4S/c1-31-27(33)25-21-13-20(15-2-3-15)23(14-24(21)36-26(25)17-5-8-19(29)9-6-17)32-37(34,35)11-10-16-4-7-18(28)12-22(16)30/h4-9,12-15,32H,2-3,10-11H2,1H3,(H,31,33). The highest BCUT2D eigenvalue weighted by Crippen LogP contribution is 2.46. The Hall–Kier alpha value is -3.24. The molecule has 4 aromatic rings. The summed E-state index contributed by atoms with van der Waals surface area (Å²) >= 11 is 3.20. The van der Waals surface area contributed by atoms with Gasteiger partial charge in [0.25, 0.3) is 5.91 Å². The molecule has 1 fully saturated rings. The van der Waals surface area contributed by atoms with Gasteiger partial charge in [0, 0.05) is 28.5 Å². The minimum atomic E-state index is -3.83. The minimum Gasteiger partial charge on any atom is -0.455 e. The van der Waals surface area contributed by atoms with Crippen LogP contribution in [0.15, 0.2) is 63.5 Å². The highest BCUT2D eigenvalue weighted by Gasteiger charge is 2.31. The molecule has 1 aromatic heterocycles. The molecule has 0 bridgehead atoms. The van der Waals surface area contributed by atoms with Gasteiger partial charge in [0.15, 0.2) is 0 Å². The summed E-state index contributed by atoms with van der Waals surface area (Å²) in [5.41, 5.74) is 2.57. The number of anilines is 1. The third-order valence-electron chi connectivity index (χ3n) is 6.36. The SMILES string of the molecule is CNC(=O)c1c(-c2ccc(F)cc2)oc2cc(NS(=O)(=O)CCc3ccc(Br)cc3F)c(C3CC3)cc12. The van der Waals surface area contributed by atoms with Gasteiger partial charge in [0.1, 0.15) is 23.0 Å². The zero-order valence-corrected chi connectivity index (χ0v) is 22.2. The van der Waals surface area contributed by atoms with Crippen molar-refractivity contribution >= 4 is 48.5 Å². The fourth-order valence-corrected chi connectivity index (χ4v) is 5.76. The Bertz CT molecular complexity index is 1610. The second kappa shape index (κ2) is 9.90. The molecular formula is C27H23BrF2N2O4S. The fourth-order valence-electron chi connectivity index (χ4n) is 4.32. The lowest BCUT2D eigenvalue weighted by Gasteiger charge is -2.13. The van der Waals surface area contributed by atoms with Crippen LogP contribution in [-0.2, 0) is 16.4 Å². The first-order valence-electron chi connectivity index (χ1n) is 11.7. The monoisotopic (exact) mass is 588 g/mol. The van der Waals surface area contributed by atoms with E-state index in [0.717, 1.165) is 18.4 Å². The maximum absolute atomic E-state index is 14.2. The molecule has 0 spiro atoms. The van der Waals surface area contributed by atoms with Crippen LogP contribution in [0.4, 0.5) is 14.5 Å². The van der Waals surface area contributed by atoms with Crippen LogP contribution in [0.25, 0.3) is 22.3 Å². The fraction of sp³-hybridized carbons (Fsp3) is 0.222. The highest BCUT2D eigenvalue weighted by molar-refractivity contribution is 9.10. The van der Waals surface area contributed by atoms with Gasteiger partial charge in [-0.3, -0.25) is 9.52 Å². The largest absolute Gasteiger partial charge is 0.455 e. The van der Waals surface area contributed by atoms with Crippen molar-refractivity contribution in [3.8, 4) is 11.3 Å². The van der Waals surface area contributed by atoms with Gasteiger partial charge in [-0.1, -0.05) is 22.0 Å². The molecule has 192 valence electrons. The van der Waals surface area contributed by atoms with E-state index in [1.54, 1.807) is 24.3 Å². The molecule has 0 saturated heterocycles. The molecule has 1 amide bonds. The quantitative estimate of drug-likeness (QED) is 0.250. The van der Waals surface area contributed by atoms with E-state index in [0.29, 0.717) is 37.8 Å². The van der Waals surface area contributed by atoms with Crippen molar-refractivity contribution in [2.24, 2.45) is 0 Å². The molecule has 5 rings (SSSR count). The third kappa shape index (κ3) is 5.40. The van der Waals surface area contributed by atoms with Gasteiger partial charge in [0.2, 0.25) is 10.0 Å². The van der Waals surface area contributed by atoms with Gasteiger partial charge in [0.05, 0.1) is 17.0 Å². The molecule has 1 aliphatic carbocycles. The van der Waals surface area contributed by atoms with E-state index in [1.807, 2.05) is 0 Å². The van der Waals surface area contributed by atoms with Crippen LogP contribution in [0.3, 0.4) is 0 Å². The van der Waals surface area contributed by atoms with Crippen molar-refractivity contribution in [3.05, 3.63) is 87.4 Å². The molecule has 0 atom stereocenters. The Morgan fingerprint density at radius 2 is 1.81 bits per heavy atom. The first-order chi connectivity index (χ1) is 17.6. The minimum absolute atomic E-state index is 0.00569. The average Bonchev–Trinajstić information content (AvgIpc) is 3.63. The summed E-state index contributed by atoms with van der Waals surface area (Å²) in [6.07, 6.45) is 1.79. The zero-order chi connectivity index (χ0) is 26.3. The van der Waals surface area contributed by atoms with E-state index in [-0.39, 0.29) is 29.8 Å². The zero-order valence-electron chi connectivity index (χ0n) is 19.8. The van der Waals surface area contributed by atoms with Crippen LogP contribution in [0.5, 0.6) is 0 Å². The normalized spacial score (nSPS) is 13.6. The smallest absolute Gasteiger partial charge is 0.255 e. The number of aryl methyl sites for hydroxylation is 1. The van der Waals surface area contributed by atoms with Gasteiger partial charge < -0.3 is 9.73 Å². The maximum atomic E-state index is 14.2. The molecule has 37 heavy (non-hydrogen) atoms. The summed E-state index contributed by atoms with van der Waals surface area (Å²) in [5.74, 6) is -1.16. The number of amides is 1. The summed E-state index contributed by atoms with van der Waals surface area (Å²) in [6.45, 7) is 0. The second-order valence-corrected chi connectivity index (χ2v) is 11.8. The Morgan fingerprint density at radius 1 is 1.08 bits per heavy atom. The topological polar surface area (TPSA) is 88.4 Å². The Kier molecular flexibility index (Phi) is 6.80. The van der Waals surface area contributed by atoms with Crippen molar-refractivity contribution in [1.29, 1.82) is 0 Å². The number of fused-ring (bicyclic) bond motifs is 1. The number of carbonyl (C=O) groups is 1. The average molecular weight is 589 g/mol. The lowest BCUT2D eigenvalue weighted by Crippen LogP contribution is -2.19. The summed E-state index contributed by atoms with van der Waals surface area (Å²) < 4.78 is 62.9. The molecule has 0 radical (unpaired) electrons. The summed E-state index contributed by atoms with van der Waals surface area (Å²) in [7, 11) is -2.32. The van der Waals surface area contributed by atoms with Crippen molar-refractivity contribution in [2.45, 2.75) is 25.2 Å². The molecule has 0 aliphatic heterocycles. The number of hydrogen-bond donors (Lipinski definition) is 2. The van der Waals surface area contributed by atoms with Crippen molar-refractivity contribution in [3.63, 3.8) is 0 Å². The van der Waals surface area contributed by atoms with E-state index in [1.165, 1.54) is 37.4 Å². The Balaban J connectivity index is 1.53. The third-order valence-corrected chi connectivity index (χ3v) is 8.12. The number of carbonyl (C=O) groups excluding carboxylic acids is 1. The molecule has 3 aromatic carbocycles.